The summed E-state index contributed by atoms with van der Waals surface area (Å²) in [6.07, 6.45) is 1.79. The first-order chi connectivity index (χ1) is 6.68. The van der Waals surface area contributed by atoms with Crippen molar-refractivity contribution < 1.29 is 9.90 Å². The number of rotatable bonds is 2. The van der Waals surface area contributed by atoms with Crippen molar-refractivity contribution in [3.63, 3.8) is 0 Å². The largest absolute Gasteiger partial charge is 0.481 e. The second-order valence-corrected chi connectivity index (χ2v) is 4.08. The van der Waals surface area contributed by atoms with Gasteiger partial charge in [-0.3, -0.25) is 4.79 Å². The van der Waals surface area contributed by atoms with Crippen molar-refractivity contribution in [2.75, 3.05) is 0 Å². The van der Waals surface area contributed by atoms with E-state index >= 15 is 0 Å². The zero-order valence-corrected chi connectivity index (χ0v) is 8.23. The van der Waals surface area contributed by atoms with E-state index in [-0.39, 0.29) is 5.92 Å². The van der Waals surface area contributed by atoms with Gasteiger partial charge in [0.25, 0.3) is 0 Å². The summed E-state index contributed by atoms with van der Waals surface area (Å²) in [6.45, 7) is 2.02. The van der Waals surface area contributed by atoms with Crippen LogP contribution in [0.1, 0.15) is 25.3 Å². The Kier molecular flexibility index (Phi) is 2.06. The number of carboxylic acid groups (broad SMARTS) is 1. The van der Waals surface area contributed by atoms with Crippen LogP contribution in [-0.4, -0.2) is 11.1 Å². The highest BCUT2D eigenvalue weighted by Crippen LogP contribution is 2.48. The molecule has 0 saturated heterocycles. The van der Waals surface area contributed by atoms with Crippen LogP contribution in [0.2, 0.25) is 0 Å². The van der Waals surface area contributed by atoms with Crippen LogP contribution in [0.4, 0.5) is 0 Å². The van der Waals surface area contributed by atoms with Gasteiger partial charge in [-0.1, -0.05) is 37.3 Å². The zero-order valence-electron chi connectivity index (χ0n) is 8.23. The number of carbonyl (C=O) groups is 1. The van der Waals surface area contributed by atoms with Crippen molar-refractivity contribution >= 4 is 5.97 Å². The predicted octanol–water partition coefficient (Wildman–Crippen LogP) is 2.44. The molecular formula is C12H14O2. The molecule has 0 unspecified atom stereocenters. The number of aliphatic carboxylic acids is 1. The Morgan fingerprint density at radius 2 is 2.07 bits per heavy atom. The van der Waals surface area contributed by atoms with E-state index in [1.165, 1.54) is 0 Å². The zero-order chi connectivity index (χ0) is 10.2. The van der Waals surface area contributed by atoms with Gasteiger partial charge in [-0.05, 0) is 24.3 Å². The van der Waals surface area contributed by atoms with Gasteiger partial charge >= 0.3 is 5.97 Å². The number of benzene rings is 1. The van der Waals surface area contributed by atoms with Gasteiger partial charge in [0.05, 0.1) is 5.41 Å². The Morgan fingerprint density at radius 3 is 2.43 bits per heavy atom. The molecular weight excluding hydrogens is 176 g/mol. The molecule has 1 fully saturated rings. The van der Waals surface area contributed by atoms with Crippen molar-refractivity contribution in [2.45, 2.75) is 25.2 Å². The van der Waals surface area contributed by atoms with E-state index in [0.717, 1.165) is 18.4 Å². The Hall–Kier alpha value is -1.31. The molecule has 2 nitrogen and oxygen atoms in total. The van der Waals surface area contributed by atoms with E-state index < -0.39 is 11.4 Å². The molecule has 1 aromatic rings. The fourth-order valence-corrected chi connectivity index (χ4v) is 2.33. The van der Waals surface area contributed by atoms with Gasteiger partial charge in [-0.15, -0.1) is 0 Å². The standard InChI is InChI=1S/C12H14O2/c1-9-7-8-12(9,11(13)14)10-5-3-2-4-6-10/h2-6,9H,7-8H2,1H3,(H,13,14)/t9-,12-/m0/s1. The minimum absolute atomic E-state index is 0.252. The molecule has 2 rings (SSSR count). The van der Waals surface area contributed by atoms with Crippen LogP contribution < -0.4 is 0 Å². The molecule has 2 atom stereocenters. The van der Waals surface area contributed by atoms with E-state index in [1.807, 2.05) is 37.3 Å². The number of hydrogen-bond donors (Lipinski definition) is 1. The first kappa shape index (κ1) is 9.25. The van der Waals surface area contributed by atoms with E-state index in [4.69, 9.17) is 0 Å². The molecule has 0 aromatic heterocycles. The van der Waals surface area contributed by atoms with Crippen molar-refractivity contribution in [3.05, 3.63) is 35.9 Å². The van der Waals surface area contributed by atoms with Crippen LogP contribution >= 0.6 is 0 Å². The minimum Gasteiger partial charge on any atom is -0.481 e. The van der Waals surface area contributed by atoms with Crippen molar-refractivity contribution in [3.8, 4) is 0 Å². The summed E-state index contributed by atoms with van der Waals surface area (Å²) in [5.74, 6) is -0.426. The Balaban J connectivity index is 2.43. The van der Waals surface area contributed by atoms with Crippen LogP contribution in [0.3, 0.4) is 0 Å². The lowest BCUT2D eigenvalue weighted by Crippen LogP contribution is -2.49. The van der Waals surface area contributed by atoms with Gasteiger partial charge in [0.1, 0.15) is 0 Å². The maximum absolute atomic E-state index is 11.3. The molecule has 0 spiro atoms. The summed E-state index contributed by atoms with van der Waals surface area (Å²) in [7, 11) is 0. The Labute approximate surface area is 83.6 Å². The highest BCUT2D eigenvalue weighted by Gasteiger charge is 2.51. The van der Waals surface area contributed by atoms with Crippen LogP contribution in [-0.2, 0) is 10.2 Å². The van der Waals surface area contributed by atoms with Gasteiger partial charge in [-0.2, -0.15) is 0 Å². The van der Waals surface area contributed by atoms with Gasteiger partial charge < -0.3 is 5.11 Å². The summed E-state index contributed by atoms with van der Waals surface area (Å²) in [5, 5.41) is 9.31. The first-order valence-electron chi connectivity index (χ1n) is 4.97. The van der Waals surface area contributed by atoms with Gasteiger partial charge in [-0.25, -0.2) is 0 Å². The van der Waals surface area contributed by atoms with Crippen molar-refractivity contribution in [1.29, 1.82) is 0 Å². The molecule has 74 valence electrons. The monoisotopic (exact) mass is 190 g/mol. The molecule has 1 N–H and O–H groups in total. The number of carboxylic acids is 1. The van der Waals surface area contributed by atoms with Crippen molar-refractivity contribution in [1.82, 2.24) is 0 Å². The molecule has 0 aliphatic heterocycles. The Bertz CT molecular complexity index is 345. The molecule has 1 saturated carbocycles. The maximum Gasteiger partial charge on any atom is 0.314 e. The molecule has 1 aliphatic rings. The van der Waals surface area contributed by atoms with E-state index in [9.17, 15) is 9.90 Å². The van der Waals surface area contributed by atoms with Gasteiger partial charge in [0.15, 0.2) is 0 Å². The van der Waals surface area contributed by atoms with Crippen molar-refractivity contribution in [2.24, 2.45) is 5.92 Å². The van der Waals surface area contributed by atoms with Gasteiger partial charge in [0, 0.05) is 0 Å². The first-order valence-corrected chi connectivity index (χ1v) is 4.97. The molecule has 0 amide bonds. The normalized spacial score (nSPS) is 30.8. The summed E-state index contributed by atoms with van der Waals surface area (Å²) in [4.78, 5) is 11.3. The Morgan fingerprint density at radius 1 is 1.43 bits per heavy atom. The average Bonchev–Trinajstić information content (AvgIpc) is 2.17. The summed E-state index contributed by atoms with van der Waals surface area (Å²) >= 11 is 0. The summed E-state index contributed by atoms with van der Waals surface area (Å²) in [6, 6.07) is 9.58. The quantitative estimate of drug-likeness (QED) is 0.777. The third-order valence-corrected chi connectivity index (χ3v) is 3.48. The fourth-order valence-electron chi connectivity index (χ4n) is 2.33. The van der Waals surface area contributed by atoms with Gasteiger partial charge in [0.2, 0.25) is 0 Å². The molecule has 0 radical (unpaired) electrons. The molecule has 2 heteroatoms. The molecule has 1 aromatic carbocycles. The third kappa shape index (κ3) is 1.07. The van der Waals surface area contributed by atoms with Crippen LogP contribution in [0, 0.1) is 5.92 Å². The van der Waals surface area contributed by atoms with E-state index in [2.05, 4.69) is 0 Å². The second-order valence-electron chi connectivity index (χ2n) is 4.08. The van der Waals surface area contributed by atoms with Crippen LogP contribution in [0.5, 0.6) is 0 Å². The smallest absolute Gasteiger partial charge is 0.314 e. The molecule has 0 heterocycles. The molecule has 1 aliphatic carbocycles. The minimum atomic E-state index is -0.678. The molecule has 14 heavy (non-hydrogen) atoms. The third-order valence-electron chi connectivity index (χ3n) is 3.48. The fraction of sp³-hybridized carbons (Fsp3) is 0.417. The topological polar surface area (TPSA) is 37.3 Å². The number of hydrogen-bond acceptors (Lipinski definition) is 1. The highest BCUT2D eigenvalue weighted by molar-refractivity contribution is 5.83. The van der Waals surface area contributed by atoms with Crippen LogP contribution in [0.25, 0.3) is 0 Å². The highest BCUT2D eigenvalue weighted by atomic mass is 16.4. The summed E-state index contributed by atoms with van der Waals surface area (Å²) in [5.41, 5.74) is 0.340. The lowest BCUT2D eigenvalue weighted by molar-refractivity contribution is -0.151. The predicted molar refractivity (Wildman–Crippen MR) is 54.2 cm³/mol. The average molecular weight is 190 g/mol. The lowest BCUT2D eigenvalue weighted by atomic mass is 9.57. The second kappa shape index (κ2) is 3.12. The van der Waals surface area contributed by atoms with Crippen LogP contribution in [0.15, 0.2) is 30.3 Å². The molecule has 0 bridgehead atoms. The lowest BCUT2D eigenvalue weighted by Gasteiger charge is -2.44. The van der Waals surface area contributed by atoms with E-state index in [0.29, 0.717) is 0 Å². The van der Waals surface area contributed by atoms with E-state index in [1.54, 1.807) is 0 Å². The maximum atomic E-state index is 11.3. The SMILES string of the molecule is C[C@H]1CC[C@@]1(C(=O)O)c1ccccc1. The summed E-state index contributed by atoms with van der Waals surface area (Å²) < 4.78 is 0.